The molecule has 0 aliphatic heterocycles. The van der Waals surface area contributed by atoms with Crippen LogP contribution in [0.1, 0.15) is 32.1 Å². The van der Waals surface area contributed by atoms with E-state index >= 15 is 0 Å². The van der Waals surface area contributed by atoms with Crippen LogP contribution in [0.15, 0.2) is 0 Å². The van der Waals surface area contributed by atoms with E-state index in [-0.39, 0.29) is 19.3 Å². The van der Waals surface area contributed by atoms with Crippen molar-refractivity contribution in [1.82, 2.24) is 0 Å². The van der Waals surface area contributed by atoms with Crippen LogP contribution in [0.25, 0.3) is 0 Å². The highest BCUT2D eigenvalue weighted by Crippen LogP contribution is 2.60. The van der Waals surface area contributed by atoms with E-state index in [9.17, 15) is 62.2 Å². The Morgan fingerprint density at radius 2 is 0.846 bits per heavy atom. The van der Waals surface area contributed by atoms with Gasteiger partial charge in [-0.05, 0) is 12.8 Å². The van der Waals surface area contributed by atoms with Gasteiger partial charge in [-0.1, -0.05) is 12.8 Å². The van der Waals surface area contributed by atoms with Crippen LogP contribution in [0.3, 0.4) is 0 Å². The number of rotatable bonds is 10. The normalized spacial score (nSPS) is 15.5. The summed E-state index contributed by atoms with van der Waals surface area (Å²) >= 11 is 0. The lowest BCUT2D eigenvalue weighted by molar-refractivity contribution is -0.440. The van der Waals surface area contributed by atoms with E-state index in [1.807, 2.05) is 0 Å². The fourth-order valence-electron chi connectivity index (χ4n) is 1.76. The van der Waals surface area contributed by atoms with Gasteiger partial charge in [0.05, 0.1) is 6.61 Å². The third-order valence-corrected chi connectivity index (χ3v) is 3.38. The Morgan fingerprint density at radius 1 is 0.462 bits per heavy atom. The maximum atomic E-state index is 13.3. The lowest BCUT2D eigenvalue weighted by atomic mass is 9.91. The minimum Gasteiger partial charge on any atom is -0.237 e. The maximum Gasteiger partial charge on any atom is 0.460 e. The SMILES string of the molecule is [O]CCCCCCC(F)(F)C(F)(F)C(F)(F)C(F)(F)C(F)(F)C(F)(F)F. The highest BCUT2D eigenvalue weighted by molar-refractivity contribution is 5.10. The van der Waals surface area contributed by atoms with E-state index < -0.39 is 55.2 Å². The van der Waals surface area contributed by atoms with Crippen LogP contribution in [0.2, 0.25) is 0 Å². The fraction of sp³-hybridized carbons (Fsp3) is 1.00. The zero-order valence-corrected chi connectivity index (χ0v) is 12.6. The van der Waals surface area contributed by atoms with Gasteiger partial charge in [0.15, 0.2) is 0 Å². The Hall–Kier alpha value is -0.950. The van der Waals surface area contributed by atoms with Gasteiger partial charge in [0.1, 0.15) is 0 Å². The average molecular weight is 419 g/mol. The third-order valence-electron chi connectivity index (χ3n) is 3.38. The molecule has 0 spiro atoms. The fourth-order valence-corrected chi connectivity index (χ4v) is 1.76. The molecule has 0 aromatic carbocycles. The Labute approximate surface area is 138 Å². The molecule has 1 nitrogen and oxygen atoms in total. The monoisotopic (exact) mass is 419 g/mol. The third kappa shape index (κ3) is 4.14. The van der Waals surface area contributed by atoms with Gasteiger partial charge in [0.2, 0.25) is 0 Å². The van der Waals surface area contributed by atoms with Gasteiger partial charge in [-0.25, -0.2) is 5.11 Å². The molecule has 14 heteroatoms. The summed E-state index contributed by atoms with van der Waals surface area (Å²) in [7, 11) is 0. The van der Waals surface area contributed by atoms with Crippen molar-refractivity contribution in [3.8, 4) is 0 Å². The van der Waals surface area contributed by atoms with Crippen LogP contribution < -0.4 is 0 Å². The van der Waals surface area contributed by atoms with Gasteiger partial charge >= 0.3 is 35.8 Å². The van der Waals surface area contributed by atoms with Crippen LogP contribution in [-0.4, -0.2) is 42.4 Å². The summed E-state index contributed by atoms with van der Waals surface area (Å²) in [6.07, 6.45) is -11.1. The molecular weight excluding hydrogens is 407 g/mol. The van der Waals surface area contributed by atoms with Crippen molar-refractivity contribution < 1.29 is 62.2 Å². The summed E-state index contributed by atoms with van der Waals surface area (Å²) < 4.78 is 166. The molecule has 0 heterocycles. The second-order valence-corrected chi connectivity index (χ2v) is 5.37. The van der Waals surface area contributed by atoms with Crippen LogP contribution in [0.5, 0.6) is 0 Å². The molecule has 0 aromatic heterocycles. The molecule has 0 bridgehead atoms. The van der Waals surface area contributed by atoms with Gasteiger partial charge in [0.25, 0.3) is 0 Å². The number of hydrogen-bond acceptors (Lipinski definition) is 0. The molecule has 0 saturated heterocycles. The van der Waals surface area contributed by atoms with Crippen LogP contribution >= 0.6 is 0 Å². The number of hydrogen-bond donors (Lipinski definition) is 0. The number of alkyl halides is 13. The molecule has 26 heavy (non-hydrogen) atoms. The van der Waals surface area contributed by atoms with Crippen molar-refractivity contribution in [3.63, 3.8) is 0 Å². The first-order chi connectivity index (χ1) is 11.3. The summed E-state index contributed by atoms with van der Waals surface area (Å²) in [5.41, 5.74) is 0. The van der Waals surface area contributed by atoms with Crippen molar-refractivity contribution in [2.24, 2.45) is 0 Å². The van der Waals surface area contributed by atoms with Crippen molar-refractivity contribution >= 4 is 0 Å². The van der Waals surface area contributed by atoms with E-state index in [2.05, 4.69) is 0 Å². The molecule has 0 N–H and O–H groups in total. The Bertz CT molecular complexity index is 455. The van der Waals surface area contributed by atoms with Crippen molar-refractivity contribution in [2.45, 2.75) is 67.9 Å². The van der Waals surface area contributed by atoms with Gasteiger partial charge in [-0.2, -0.15) is 57.1 Å². The highest BCUT2D eigenvalue weighted by Gasteiger charge is 2.90. The highest BCUT2D eigenvalue weighted by atomic mass is 19.4. The van der Waals surface area contributed by atoms with Crippen LogP contribution in [0, 0.1) is 0 Å². The minimum atomic E-state index is -7.85. The number of halogens is 13. The first-order valence-corrected chi connectivity index (χ1v) is 6.85. The van der Waals surface area contributed by atoms with Gasteiger partial charge < -0.3 is 0 Å². The smallest absolute Gasteiger partial charge is 0.237 e. The van der Waals surface area contributed by atoms with Crippen LogP contribution in [0.4, 0.5) is 57.1 Å². The predicted octanol–water partition coefficient (Wildman–Crippen LogP) is 6.11. The molecule has 0 saturated carbocycles. The van der Waals surface area contributed by atoms with E-state index in [0.717, 1.165) is 0 Å². The molecule has 0 aliphatic rings. The molecule has 0 fully saturated rings. The standard InChI is InChI=1S/C12H12F13O/c13-7(14,5-3-1-2-4-6-26)8(15,16)9(17,18)10(19,20)11(21,22)12(23,24)25/h1-6H2. The summed E-state index contributed by atoms with van der Waals surface area (Å²) in [6, 6.07) is 0. The molecule has 0 atom stereocenters. The zero-order chi connectivity index (χ0) is 21.2. The van der Waals surface area contributed by atoms with Crippen LogP contribution in [-0.2, 0) is 5.11 Å². The summed E-state index contributed by atoms with van der Waals surface area (Å²) in [5, 5.41) is 10.1. The predicted molar refractivity (Wildman–Crippen MR) is 59.4 cm³/mol. The molecule has 0 unspecified atom stereocenters. The molecule has 1 radical (unpaired) electrons. The summed E-state index contributed by atoms with van der Waals surface area (Å²) in [6.45, 7) is -0.663. The second-order valence-electron chi connectivity index (χ2n) is 5.37. The lowest BCUT2D eigenvalue weighted by Crippen LogP contribution is -2.70. The van der Waals surface area contributed by atoms with E-state index in [0.29, 0.717) is 0 Å². The van der Waals surface area contributed by atoms with Gasteiger partial charge in [-0.15, -0.1) is 0 Å². The van der Waals surface area contributed by atoms with Gasteiger partial charge in [-0.3, -0.25) is 0 Å². The average Bonchev–Trinajstić information content (AvgIpc) is 2.44. The molecule has 0 rings (SSSR count). The molecular formula is C12H12F13O. The first-order valence-electron chi connectivity index (χ1n) is 6.85. The Kier molecular flexibility index (Phi) is 7.31. The summed E-state index contributed by atoms with van der Waals surface area (Å²) in [4.78, 5) is 0. The lowest BCUT2D eigenvalue weighted by Gasteiger charge is -2.39. The second kappa shape index (κ2) is 7.58. The summed E-state index contributed by atoms with van der Waals surface area (Å²) in [5.74, 6) is -36.5. The molecule has 0 aromatic rings. The number of unbranched alkanes of at least 4 members (excludes halogenated alkanes) is 3. The van der Waals surface area contributed by atoms with E-state index in [1.165, 1.54) is 0 Å². The zero-order valence-electron chi connectivity index (χ0n) is 12.6. The van der Waals surface area contributed by atoms with Gasteiger partial charge in [0, 0.05) is 6.42 Å². The maximum absolute atomic E-state index is 13.3. The van der Waals surface area contributed by atoms with Crippen molar-refractivity contribution in [1.29, 1.82) is 0 Å². The Balaban J connectivity index is 5.64. The minimum absolute atomic E-state index is 0.0893. The molecule has 157 valence electrons. The quantitative estimate of drug-likeness (QED) is 0.301. The van der Waals surface area contributed by atoms with E-state index in [4.69, 9.17) is 0 Å². The van der Waals surface area contributed by atoms with E-state index in [1.54, 1.807) is 0 Å². The van der Waals surface area contributed by atoms with Crippen molar-refractivity contribution in [2.75, 3.05) is 6.61 Å². The topological polar surface area (TPSA) is 19.9 Å². The molecule has 0 amide bonds. The molecule has 0 aliphatic carbocycles. The van der Waals surface area contributed by atoms with Crippen molar-refractivity contribution in [3.05, 3.63) is 0 Å². The Morgan fingerprint density at radius 3 is 1.23 bits per heavy atom. The largest absolute Gasteiger partial charge is 0.460 e. The first kappa shape index (κ1) is 25.1.